The quantitative estimate of drug-likeness (QED) is 0.795. The van der Waals surface area contributed by atoms with E-state index in [4.69, 9.17) is 10.7 Å². The summed E-state index contributed by atoms with van der Waals surface area (Å²) in [4.78, 5) is 6.89. The van der Waals surface area contributed by atoms with Crippen LogP contribution in [0.1, 0.15) is 11.3 Å². The van der Waals surface area contributed by atoms with E-state index in [1.165, 1.54) is 10.9 Å². The van der Waals surface area contributed by atoms with Gasteiger partial charge in [0.2, 0.25) is 0 Å². The Bertz CT molecular complexity index is 738. The lowest BCUT2D eigenvalue weighted by atomic mass is 10.1. The molecule has 0 unspecified atom stereocenters. The van der Waals surface area contributed by atoms with Crippen molar-refractivity contribution in [1.82, 2.24) is 4.98 Å². The second-order valence-corrected chi connectivity index (χ2v) is 5.20. The number of anilines is 1. The monoisotopic (exact) mass is 277 g/mol. The molecule has 3 rings (SSSR count). The Balaban J connectivity index is 2.02. The number of hydrogen-bond acceptors (Lipinski definition) is 3. The summed E-state index contributed by atoms with van der Waals surface area (Å²) in [5.41, 5.74) is 7.97. The summed E-state index contributed by atoms with van der Waals surface area (Å²) in [6.45, 7) is 1.28. The van der Waals surface area contributed by atoms with Gasteiger partial charge in [-0.1, -0.05) is 54.6 Å². The minimum Gasteiger partial charge on any atom is -0.355 e. The molecule has 2 N–H and O–H groups in total. The van der Waals surface area contributed by atoms with Crippen molar-refractivity contribution in [2.24, 2.45) is 5.73 Å². The second kappa shape index (κ2) is 5.94. The summed E-state index contributed by atoms with van der Waals surface area (Å²) in [5, 5.41) is 2.34. The lowest BCUT2D eigenvalue weighted by Gasteiger charge is -2.21. The van der Waals surface area contributed by atoms with Crippen molar-refractivity contribution < 1.29 is 0 Å². The van der Waals surface area contributed by atoms with Crippen molar-refractivity contribution >= 4 is 16.6 Å². The first-order valence-electron chi connectivity index (χ1n) is 7.12. The van der Waals surface area contributed by atoms with Gasteiger partial charge in [0, 0.05) is 25.5 Å². The van der Waals surface area contributed by atoms with E-state index in [1.54, 1.807) is 0 Å². The van der Waals surface area contributed by atoms with Gasteiger partial charge in [-0.05, 0) is 17.0 Å². The number of fused-ring (bicyclic) bond motifs is 1. The maximum absolute atomic E-state index is 5.78. The molecule has 3 aromatic rings. The lowest BCUT2D eigenvalue weighted by Crippen LogP contribution is -2.19. The topological polar surface area (TPSA) is 42.2 Å². The van der Waals surface area contributed by atoms with E-state index in [1.807, 2.05) is 18.2 Å². The average molecular weight is 277 g/mol. The maximum Gasteiger partial charge on any atom is 0.136 e. The standard InChI is InChI=1S/C18H19N3/c1-21(13-14-7-3-2-4-8-14)18-17-10-6-5-9-15(17)11-16(12-19)20-18/h2-11H,12-13,19H2,1H3. The summed E-state index contributed by atoms with van der Waals surface area (Å²) >= 11 is 0. The van der Waals surface area contributed by atoms with Crippen LogP contribution in [0.25, 0.3) is 10.8 Å². The predicted molar refractivity (Wildman–Crippen MR) is 88.2 cm³/mol. The van der Waals surface area contributed by atoms with Crippen LogP contribution in [-0.4, -0.2) is 12.0 Å². The van der Waals surface area contributed by atoms with Gasteiger partial charge in [-0.2, -0.15) is 0 Å². The zero-order chi connectivity index (χ0) is 14.7. The lowest BCUT2D eigenvalue weighted by molar-refractivity contribution is 0.886. The summed E-state index contributed by atoms with van der Waals surface area (Å²) in [5.74, 6) is 0.984. The molecule has 0 spiro atoms. The van der Waals surface area contributed by atoms with E-state index in [-0.39, 0.29) is 0 Å². The Morgan fingerprint density at radius 1 is 1.00 bits per heavy atom. The molecule has 2 aromatic carbocycles. The molecular formula is C18H19N3. The molecule has 3 nitrogen and oxygen atoms in total. The fourth-order valence-electron chi connectivity index (χ4n) is 2.56. The van der Waals surface area contributed by atoms with Crippen molar-refractivity contribution in [1.29, 1.82) is 0 Å². The summed E-state index contributed by atoms with van der Waals surface area (Å²) in [6, 6.07) is 20.8. The highest BCUT2D eigenvalue weighted by Crippen LogP contribution is 2.26. The van der Waals surface area contributed by atoms with Crippen LogP contribution in [0.15, 0.2) is 60.7 Å². The first-order chi connectivity index (χ1) is 10.3. The SMILES string of the molecule is CN(Cc1ccccc1)c1nc(CN)cc2ccccc12. The Hall–Kier alpha value is -2.39. The zero-order valence-electron chi connectivity index (χ0n) is 12.2. The number of rotatable bonds is 4. The van der Waals surface area contributed by atoms with Gasteiger partial charge in [0.1, 0.15) is 5.82 Å². The molecule has 0 atom stereocenters. The Morgan fingerprint density at radius 3 is 2.48 bits per heavy atom. The summed E-state index contributed by atoms with van der Waals surface area (Å²) < 4.78 is 0. The van der Waals surface area contributed by atoms with Crippen LogP contribution in [-0.2, 0) is 13.1 Å². The molecule has 0 bridgehead atoms. The van der Waals surface area contributed by atoms with Gasteiger partial charge < -0.3 is 10.6 Å². The Labute approximate surface area is 125 Å². The number of nitrogens with two attached hydrogens (primary N) is 1. The molecule has 0 aliphatic heterocycles. The summed E-state index contributed by atoms with van der Waals surface area (Å²) in [7, 11) is 2.07. The fourth-order valence-corrected chi connectivity index (χ4v) is 2.56. The number of benzene rings is 2. The van der Waals surface area contributed by atoms with E-state index < -0.39 is 0 Å². The van der Waals surface area contributed by atoms with E-state index in [9.17, 15) is 0 Å². The largest absolute Gasteiger partial charge is 0.355 e. The van der Waals surface area contributed by atoms with E-state index in [0.29, 0.717) is 6.54 Å². The smallest absolute Gasteiger partial charge is 0.136 e. The second-order valence-electron chi connectivity index (χ2n) is 5.20. The van der Waals surface area contributed by atoms with Gasteiger partial charge in [0.25, 0.3) is 0 Å². The molecular weight excluding hydrogens is 258 g/mol. The predicted octanol–water partition coefficient (Wildman–Crippen LogP) is 3.33. The number of nitrogens with zero attached hydrogens (tertiary/aromatic N) is 2. The fraction of sp³-hybridized carbons (Fsp3) is 0.167. The maximum atomic E-state index is 5.78. The molecule has 1 heterocycles. The van der Waals surface area contributed by atoms with Crippen LogP contribution >= 0.6 is 0 Å². The molecule has 0 aliphatic carbocycles. The van der Waals surface area contributed by atoms with Crippen LogP contribution in [0.2, 0.25) is 0 Å². The molecule has 0 aliphatic rings. The van der Waals surface area contributed by atoms with Crippen molar-refractivity contribution in [2.75, 3.05) is 11.9 Å². The molecule has 1 aromatic heterocycles. The molecule has 106 valence electrons. The Morgan fingerprint density at radius 2 is 1.71 bits per heavy atom. The van der Waals surface area contributed by atoms with Crippen LogP contribution in [0.5, 0.6) is 0 Å². The minimum absolute atomic E-state index is 0.455. The number of hydrogen-bond donors (Lipinski definition) is 1. The highest BCUT2D eigenvalue weighted by molar-refractivity contribution is 5.92. The van der Waals surface area contributed by atoms with Crippen LogP contribution in [0.4, 0.5) is 5.82 Å². The van der Waals surface area contributed by atoms with Crippen molar-refractivity contribution in [3.63, 3.8) is 0 Å². The molecule has 0 saturated carbocycles. The highest BCUT2D eigenvalue weighted by atomic mass is 15.2. The van der Waals surface area contributed by atoms with Crippen LogP contribution in [0, 0.1) is 0 Å². The third-order valence-corrected chi connectivity index (χ3v) is 3.61. The van der Waals surface area contributed by atoms with Gasteiger partial charge in [-0.3, -0.25) is 0 Å². The molecule has 3 heteroatoms. The van der Waals surface area contributed by atoms with E-state index >= 15 is 0 Å². The molecule has 21 heavy (non-hydrogen) atoms. The van der Waals surface area contributed by atoms with Crippen molar-refractivity contribution in [2.45, 2.75) is 13.1 Å². The Kier molecular flexibility index (Phi) is 3.84. The first-order valence-corrected chi connectivity index (χ1v) is 7.12. The minimum atomic E-state index is 0.455. The number of aromatic nitrogens is 1. The number of pyridine rings is 1. The van der Waals surface area contributed by atoms with Gasteiger partial charge in [0.15, 0.2) is 0 Å². The van der Waals surface area contributed by atoms with E-state index in [2.05, 4.69) is 54.4 Å². The third-order valence-electron chi connectivity index (χ3n) is 3.61. The molecule has 0 radical (unpaired) electrons. The van der Waals surface area contributed by atoms with Crippen LogP contribution in [0.3, 0.4) is 0 Å². The van der Waals surface area contributed by atoms with Crippen molar-refractivity contribution in [3.8, 4) is 0 Å². The molecule has 0 fully saturated rings. The summed E-state index contributed by atoms with van der Waals surface area (Å²) in [6.07, 6.45) is 0. The molecule has 0 amide bonds. The zero-order valence-corrected chi connectivity index (χ0v) is 12.2. The van der Waals surface area contributed by atoms with Gasteiger partial charge in [-0.15, -0.1) is 0 Å². The van der Waals surface area contributed by atoms with Gasteiger partial charge >= 0.3 is 0 Å². The average Bonchev–Trinajstić information content (AvgIpc) is 2.54. The van der Waals surface area contributed by atoms with E-state index in [0.717, 1.165) is 23.4 Å². The van der Waals surface area contributed by atoms with Crippen molar-refractivity contribution in [3.05, 3.63) is 71.9 Å². The van der Waals surface area contributed by atoms with Gasteiger partial charge in [0.05, 0.1) is 5.69 Å². The normalized spacial score (nSPS) is 10.8. The third kappa shape index (κ3) is 2.88. The molecule has 0 saturated heterocycles. The first kappa shape index (κ1) is 13.6. The van der Waals surface area contributed by atoms with Crippen LogP contribution < -0.4 is 10.6 Å². The highest BCUT2D eigenvalue weighted by Gasteiger charge is 2.10. The van der Waals surface area contributed by atoms with Gasteiger partial charge in [-0.25, -0.2) is 4.98 Å².